The lowest BCUT2D eigenvalue weighted by Gasteiger charge is -2.21. The van der Waals surface area contributed by atoms with Crippen LogP contribution in [0.4, 0.5) is 5.69 Å². The second-order valence-corrected chi connectivity index (χ2v) is 8.49. The van der Waals surface area contributed by atoms with Gasteiger partial charge in [0.05, 0.1) is 30.7 Å². The van der Waals surface area contributed by atoms with Crippen molar-refractivity contribution in [3.63, 3.8) is 0 Å². The number of carbonyl (C=O) groups excluding carboxylic acids is 2. The number of nitrogens with one attached hydrogen (secondary N) is 2. The molecule has 2 heterocycles. The number of carbonyl (C=O) groups is 2. The molecule has 0 atom stereocenters. The molecule has 2 N–H and O–H groups in total. The number of rotatable bonds is 9. The highest BCUT2D eigenvalue weighted by Gasteiger charge is 2.20. The zero-order chi connectivity index (χ0) is 25.7. The fourth-order valence-electron chi connectivity index (χ4n) is 4.05. The Morgan fingerprint density at radius 1 is 0.972 bits per heavy atom. The molecule has 0 aliphatic rings. The maximum Gasteiger partial charge on any atom is 0.295 e. The molecule has 36 heavy (non-hydrogen) atoms. The van der Waals surface area contributed by atoms with Crippen LogP contribution in [0.15, 0.2) is 82.2 Å². The van der Waals surface area contributed by atoms with E-state index in [0.29, 0.717) is 35.8 Å². The van der Waals surface area contributed by atoms with Crippen LogP contribution in [0.1, 0.15) is 27.4 Å². The van der Waals surface area contributed by atoms with Crippen molar-refractivity contribution in [2.24, 2.45) is 7.05 Å². The Morgan fingerprint density at radius 3 is 2.33 bits per heavy atom. The van der Waals surface area contributed by atoms with Crippen LogP contribution in [0.25, 0.3) is 5.69 Å². The largest absolute Gasteiger partial charge is 0.468 e. The van der Waals surface area contributed by atoms with Gasteiger partial charge in [-0.25, -0.2) is 4.68 Å². The summed E-state index contributed by atoms with van der Waals surface area (Å²) in [5.41, 5.74) is 2.82. The SMILES string of the molecule is CNC(=O)c1ccc(CN(CC(=O)Nc2c(C)n(C)n(-c3ccccc3)c2=O)Cc2ccco2)cc1. The minimum atomic E-state index is -0.311. The lowest BCUT2D eigenvalue weighted by molar-refractivity contribution is -0.117. The summed E-state index contributed by atoms with van der Waals surface area (Å²) in [5, 5.41) is 5.42. The third-order valence-corrected chi connectivity index (χ3v) is 5.99. The van der Waals surface area contributed by atoms with Gasteiger partial charge in [-0.3, -0.25) is 24.0 Å². The van der Waals surface area contributed by atoms with Crippen molar-refractivity contribution < 1.29 is 14.0 Å². The molecule has 9 heteroatoms. The number of benzene rings is 2. The number of furan rings is 1. The molecule has 0 unspecified atom stereocenters. The first-order chi connectivity index (χ1) is 17.4. The van der Waals surface area contributed by atoms with Crippen LogP contribution in [0.5, 0.6) is 0 Å². The van der Waals surface area contributed by atoms with E-state index in [1.807, 2.05) is 53.4 Å². The molecule has 0 radical (unpaired) electrons. The van der Waals surface area contributed by atoms with E-state index < -0.39 is 0 Å². The summed E-state index contributed by atoms with van der Waals surface area (Å²) in [4.78, 5) is 40.0. The van der Waals surface area contributed by atoms with Crippen LogP contribution < -0.4 is 16.2 Å². The molecule has 186 valence electrons. The molecule has 2 aromatic heterocycles. The number of anilines is 1. The van der Waals surface area contributed by atoms with Gasteiger partial charge in [0.15, 0.2) is 0 Å². The van der Waals surface area contributed by atoms with Crippen LogP contribution >= 0.6 is 0 Å². The Labute approximate surface area is 208 Å². The van der Waals surface area contributed by atoms with Crippen LogP contribution in [0, 0.1) is 6.92 Å². The monoisotopic (exact) mass is 487 g/mol. The van der Waals surface area contributed by atoms with Crippen LogP contribution in [-0.2, 0) is 24.9 Å². The molecule has 0 fully saturated rings. The average Bonchev–Trinajstić information content (AvgIpc) is 3.47. The highest BCUT2D eigenvalue weighted by molar-refractivity contribution is 5.94. The molecular weight excluding hydrogens is 458 g/mol. The van der Waals surface area contributed by atoms with Gasteiger partial charge in [-0.05, 0) is 48.9 Å². The summed E-state index contributed by atoms with van der Waals surface area (Å²) in [5.74, 6) is 0.245. The summed E-state index contributed by atoms with van der Waals surface area (Å²) < 4.78 is 8.74. The van der Waals surface area contributed by atoms with Crippen LogP contribution in [-0.4, -0.2) is 39.7 Å². The number of amides is 2. The van der Waals surface area contributed by atoms with Gasteiger partial charge in [0.25, 0.3) is 11.5 Å². The maximum atomic E-state index is 13.2. The Kier molecular flexibility index (Phi) is 7.50. The number of nitrogens with zero attached hydrogens (tertiary/aromatic N) is 3. The zero-order valence-corrected chi connectivity index (χ0v) is 20.5. The highest BCUT2D eigenvalue weighted by atomic mass is 16.3. The van der Waals surface area contributed by atoms with Crippen molar-refractivity contribution in [1.82, 2.24) is 19.6 Å². The van der Waals surface area contributed by atoms with Gasteiger partial charge < -0.3 is 15.1 Å². The molecule has 0 saturated carbocycles. The molecule has 0 aliphatic heterocycles. The molecule has 0 saturated heterocycles. The van der Waals surface area contributed by atoms with Crippen molar-refractivity contribution >= 4 is 17.5 Å². The first-order valence-electron chi connectivity index (χ1n) is 11.6. The Balaban J connectivity index is 1.52. The van der Waals surface area contributed by atoms with Crippen molar-refractivity contribution in [2.75, 3.05) is 18.9 Å². The normalized spacial score (nSPS) is 11.0. The lowest BCUT2D eigenvalue weighted by Crippen LogP contribution is -2.33. The topological polar surface area (TPSA) is 102 Å². The van der Waals surface area contributed by atoms with Gasteiger partial charge >= 0.3 is 0 Å². The van der Waals surface area contributed by atoms with E-state index in [-0.39, 0.29) is 29.6 Å². The second-order valence-electron chi connectivity index (χ2n) is 8.49. The quantitative estimate of drug-likeness (QED) is 0.378. The van der Waals surface area contributed by atoms with E-state index in [1.54, 1.807) is 50.2 Å². The van der Waals surface area contributed by atoms with Gasteiger partial charge in [0.2, 0.25) is 5.91 Å². The van der Waals surface area contributed by atoms with Gasteiger partial charge in [0, 0.05) is 26.2 Å². The van der Waals surface area contributed by atoms with Crippen LogP contribution in [0.2, 0.25) is 0 Å². The van der Waals surface area contributed by atoms with E-state index in [9.17, 15) is 14.4 Å². The van der Waals surface area contributed by atoms with E-state index in [4.69, 9.17) is 4.42 Å². The molecule has 2 aromatic carbocycles. The molecule has 4 aromatic rings. The van der Waals surface area contributed by atoms with Crippen molar-refractivity contribution in [3.05, 3.63) is 106 Å². The summed E-state index contributed by atoms with van der Waals surface area (Å²) in [6.45, 7) is 2.69. The molecule has 4 rings (SSSR count). The van der Waals surface area contributed by atoms with Gasteiger partial charge in [-0.1, -0.05) is 30.3 Å². The summed E-state index contributed by atoms with van der Waals surface area (Å²) in [6, 6.07) is 20.1. The molecule has 0 aliphatic carbocycles. The van der Waals surface area contributed by atoms with Crippen molar-refractivity contribution in [3.8, 4) is 5.69 Å². The smallest absolute Gasteiger partial charge is 0.295 e. The molecule has 0 bridgehead atoms. The third-order valence-electron chi connectivity index (χ3n) is 5.99. The van der Waals surface area contributed by atoms with E-state index in [1.165, 1.54) is 4.68 Å². The fraction of sp³-hybridized carbons (Fsp3) is 0.222. The summed E-state index contributed by atoms with van der Waals surface area (Å²) >= 11 is 0. The van der Waals surface area contributed by atoms with Crippen molar-refractivity contribution in [1.29, 1.82) is 0 Å². The number of para-hydroxylation sites is 1. The second kappa shape index (κ2) is 10.9. The predicted molar refractivity (Wildman–Crippen MR) is 137 cm³/mol. The highest BCUT2D eigenvalue weighted by Crippen LogP contribution is 2.16. The van der Waals surface area contributed by atoms with Gasteiger partial charge in [-0.2, -0.15) is 0 Å². The average molecular weight is 488 g/mol. The van der Waals surface area contributed by atoms with Gasteiger partial charge in [-0.15, -0.1) is 0 Å². The van der Waals surface area contributed by atoms with E-state index >= 15 is 0 Å². The number of aromatic nitrogens is 2. The Morgan fingerprint density at radius 2 is 1.69 bits per heavy atom. The first kappa shape index (κ1) is 24.7. The molecule has 0 spiro atoms. The minimum Gasteiger partial charge on any atom is -0.468 e. The van der Waals surface area contributed by atoms with Gasteiger partial charge in [0.1, 0.15) is 11.4 Å². The minimum absolute atomic E-state index is 0.0387. The Bertz CT molecular complexity index is 1390. The zero-order valence-electron chi connectivity index (χ0n) is 20.5. The molecular formula is C27H29N5O4. The maximum absolute atomic E-state index is 13.2. The lowest BCUT2D eigenvalue weighted by atomic mass is 10.1. The number of hydrogen-bond acceptors (Lipinski definition) is 5. The predicted octanol–water partition coefficient (Wildman–Crippen LogP) is 3.08. The van der Waals surface area contributed by atoms with E-state index in [2.05, 4.69) is 10.6 Å². The Hall–Kier alpha value is -4.37. The summed E-state index contributed by atoms with van der Waals surface area (Å²) in [7, 11) is 3.37. The van der Waals surface area contributed by atoms with Crippen LogP contribution in [0.3, 0.4) is 0 Å². The third kappa shape index (κ3) is 5.47. The first-order valence-corrected chi connectivity index (χ1v) is 11.6. The molecule has 9 nitrogen and oxygen atoms in total. The fourth-order valence-corrected chi connectivity index (χ4v) is 4.05. The molecule has 2 amide bonds. The number of hydrogen-bond donors (Lipinski definition) is 2. The standard InChI is InChI=1S/C27H29N5O4/c1-19-25(27(35)32(30(19)3)22-8-5-4-6-9-22)29-24(33)18-31(17-23-10-7-15-36-23)16-20-11-13-21(14-12-20)26(34)28-2/h4-15H,16-18H2,1-3H3,(H,28,34)(H,29,33). The summed E-state index contributed by atoms with van der Waals surface area (Å²) in [6.07, 6.45) is 1.59. The van der Waals surface area contributed by atoms with Crippen molar-refractivity contribution in [2.45, 2.75) is 20.0 Å². The van der Waals surface area contributed by atoms with E-state index in [0.717, 1.165) is 5.56 Å².